The minimum Gasteiger partial charge on any atom is -0.456 e. The van der Waals surface area contributed by atoms with Crippen molar-refractivity contribution in [3.63, 3.8) is 0 Å². The summed E-state index contributed by atoms with van der Waals surface area (Å²) >= 11 is 0. The molecule has 16 rings (SSSR count). The first kappa shape index (κ1) is 23.7. The van der Waals surface area contributed by atoms with Crippen LogP contribution in [0.15, 0.2) is 257 Å². The molecule has 0 unspecified atom stereocenters. The molecule has 0 radical (unpaired) electrons. The molecule has 7 heteroatoms. The van der Waals surface area contributed by atoms with E-state index >= 15 is 0 Å². The average molecular weight is 999 g/mol. The third-order valence-electron chi connectivity index (χ3n) is 13.3. The molecule has 0 aliphatic heterocycles. The fraction of sp³-hybridized carbons (Fsp3) is 0. The molecule has 7 nitrogen and oxygen atoms in total. The van der Waals surface area contributed by atoms with Gasteiger partial charge in [-0.2, -0.15) is 0 Å². The molecule has 0 fully saturated rings. The Kier molecular flexibility index (Phi) is 5.16. The second-order valence-electron chi connectivity index (χ2n) is 17.5. The minimum atomic E-state index is -0.793. The van der Waals surface area contributed by atoms with Gasteiger partial charge in [-0.25, -0.2) is 15.0 Å². The van der Waals surface area contributed by atoms with Gasteiger partial charge in [-0.15, -0.1) is 0 Å². The summed E-state index contributed by atoms with van der Waals surface area (Å²) in [4.78, 5) is 14.8. The largest absolute Gasteiger partial charge is 0.456 e. The topological polar surface area (TPSA) is 74.8 Å². The first-order chi connectivity index (χ1) is 48.9. The van der Waals surface area contributed by atoms with E-state index in [0.717, 1.165) is 9.13 Å². The Morgan fingerprint density at radius 2 is 0.776 bits per heavy atom. The summed E-state index contributed by atoms with van der Waals surface area (Å²) in [6, 6.07) is 4.30. The van der Waals surface area contributed by atoms with Gasteiger partial charge < -0.3 is 18.0 Å². The number of benzene rings is 11. The first-order valence-corrected chi connectivity index (χ1v) is 23.4. The van der Waals surface area contributed by atoms with Crippen LogP contribution in [-0.4, -0.2) is 24.1 Å². The molecule has 5 heterocycles. The second kappa shape index (κ2) is 16.6. The van der Waals surface area contributed by atoms with Gasteiger partial charge in [-0.05, 0) is 119 Å². The zero-order chi connectivity index (χ0) is 73.3. The van der Waals surface area contributed by atoms with Crippen LogP contribution >= 0.6 is 0 Å². The van der Waals surface area contributed by atoms with E-state index in [1.54, 1.807) is 60.7 Å². The van der Waals surface area contributed by atoms with Gasteiger partial charge >= 0.3 is 0 Å². The summed E-state index contributed by atoms with van der Waals surface area (Å²) in [5, 5.41) is 0.575. The third-order valence-corrected chi connectivity index (χ3v) is 13.3. The lowest BCUT2D eigenvalue weighted by atomic mass is 9.98. The predicted molar refractivity (Wildman–Crippen MR) is 310 cm³/mol. The lowest BCUT2D eigenvalue weighted by Crippen LogP contribution is -2.00. The number of hydrogen-bond donors (Lipinski definition) is 0. The van der Waals surface area contributed by atoms with E-state index in [-0.39, 0.29) is 101 Å². The van der Waals surface area contributed by atoms with Crippen molar-refractivity contribution in [1.29, 1.82) is 0 Å². The van der Waals surface area contributed by atoms with E-state index in [2.05, 4.69) is 0 Å². The van der Waals surface area contributed by atoms with Crippen LogP contribution in [-0.2, 0) is 0 Å². The monoisotopic (exact) mass is 998 g/mol. The van der Waals surface area contributed by atoms with Gasteiger partial charge in [0.25, 0.3) is 0 Å². The molecule has 16 aromatic rings. The lowest BCUT2D eigenvalue weighted by molar-refractivity contribution is 0.668. The summed E-state index contributed by atoms with van der Waals surface area (Å²) in [7, 11) is 0. The van der Waals surface area contributed by atoms with E-state index in [4.69, 9.17) is 53.9 Å². The highest BCUT2D eigenvalue weighted by Crippen LogP contribution is 2.43. The summed E-state index contributed by atoms with van der Waals surface area (Å²) in [5.74, 6) is -0.644. The molecule has 0 spiro atoms. The molecule has 0 saturated carbocycles. The van der Waals surface area contributed by atoms with Gasteiger partial charge in [-0.1, -0.05) is 151 Å². The van der Waals surface area contributed by atoms with Gasteiger partial charge in [0, 0.05) is 71.2 Å². The van der Waals surface area contributed by atoms with E-state index < -0.39 is 185 Å². The van der Waals surface area contributed by atoms with Crippen molar-refractivity contribution in [2.75, 3.05) is 0 Å². The Labute approximate surface area is 472 Å². The normalized spacial score (nSPS) is 16.9. The van der Waals surface area contributed by atoms with E-state index in [1.807, 2.05) is 0 Å². The maximum atomic E-state index is 9.94. The molecule has 0 amide bonds. The van der Waals surface area contributed by atoms with Crippen LogP contribution in [0.2, 0.25) is 0 Å². The van der Waals surface area contributed by atoms with Crippen LogP contribution in [0.3, 0.4) is 0 Å². The highest BCUT2D eigenvalue weighted by atomic mass is 16.3. The number of rotatable bonds is 7. The highest BCUT2D eigenvalue weighted by molar-refractivity contribution is 6.16. The Morgan fingerprint density at radius 3 is 1.37 bits per heavy atom. The number of furan rings is 2. The first-order valence-electron chi connectivity index (χ1n) is 36.9. The standard InChI is InChI=1S/C69H41N5O2/c1-4-16-42(17-5-1)67-70-68(51-24-14-28-63-65(51)55-40-45(32-36-61(55)75-63)43-30-34-59-53(38-43)49-22-10-12-26-57(49)73(59)47-18-6-2-7-19-47)72-69(71-67)52-25-15-29-64-66(52)56-41-46(33-37-62(56)76-64)44-31-35-60-54(39-44)50-23-11-13-27-58(50)74(60)48-20-8-3-9-21-48/h1-41H/i1D,2D,3D,4D,5D,6D,7D,8D,9D,10D,11D,12D,13D,16D,17D,18D,19D,20D,21D,22D,23D,26D,27D,30D,34D,38D,39D. The summed E-state index contributed by atoms with van der Waals surface area (Å²) in [6.07, 6.45) is 0. The summed E-state index contributed by atoms with van der Waals surface area (Å²) in [6.45, 7) is 0. The van der Waals surface area contributed by atoms with Crippen molar-refractivity contribution in [3.8, 4) is 67.8 Å². The number of aromatic nitrogens is 5. The van der Waals surface area contributed by atoms with Crippen molar-refractivity contribution in [2.24, 2.45) is 0 Å². The molecule has 0 N–H and O–H groups in total. The maximum absolute atomic E-state index is 9.94. The minimum absolute atomic E-state index is 0.0255. The number of para-hydroxylation sites is 4. The Hall–Kier alpha value is -10.4. The van der Waals surface area contributed by atoms with Crippen LogP contribution < -0.4 is 0 Å². The van der Waals surface area contributed by atoms with E-state index in [1.165, 1.54) is 24.3 Å². The lowest BCUT2D eigenvalue weighted by Gasteiger charge is -2.10. The van der Waals surface area contributed by atoms with Crippen molar-refractivity contribution >= 4 is 87.5 Å². The van der Waals surface area contributed by atoms with Crippen LogP contribution in [0.4, 0.5) is 0 Å². The van der Waals surface area contributed by atoms with Crippen molar-refractivity contribution in [3.05, 3.63) is 248 Å². The van der Waals surface area contributed by atoms with Crippen LogP contribution in [0, 0.1) is 0 Å². The van der Waals surface area contributed by atoms with Crippen LogP contribution in [0.1, 0.15) is 37.0 Å². The Balaban J connectivity index is 0.916. The van der Waals surface area contributed by atoms with E-state index in [9.17, 15) is 6.85 Å². The molecule has 0 bridgehead atoms. The highest BCUT2D eigenvalue weighted by Gasteiger charge is 2.22. The number of hydrogen-bond acceptors (Lipinski definition) is 5. The van der Waals surface area contributed by atoms with Gasteiger partial charge in [0.1, 0.15) is 22.3 Å². The zero-order valence-corrected chi connectivity index (χ0v) is 38.6. The molecule has 11 aromatic carbocycles. The van der Waals surface area contributed by atoms with Crippen molar-refractivity contribution < 1.29 is 45.8 Å². The number of nitrogens with zero attached hydrogens (tertiary/aromatic N) is 5. The molecular weight excluding hydrogens is 931 g/mol. The summed E-state index contributed by atoms with van der Waals surface area (Å²) < 4.78 is 256. The second-order valence-corrected chi connectivity index (χ2v) is 17.5. The number of fused-ring (bicyclic) bond motifs is 12. The molecule has 0 atom stereocenters. The fourth-order valence-electron chi connectivity index (χ4n) is 10.1. The van der Waals surface area contributed by atoms with E-state index in [0.29, 0.717) is 32.7 Å². The molecule has 0 aliphatic carbocycles. The molecular formula is C69H41N5O2. The SMILES string of the molecule is [2H]c1c([2H])c([2H])c(-c2nc(-c3cccc4oc5ccc(-c6ccc7c(c6[2H])c6c([2H])c([2H])c([2H])c([2H])c6n7-c6c([2H])c([2H])c([2H])c([2H])c6[2H])cc5c34)nc(-c3cccc4oc5ccc(-c6c([2H])c([2H])c7c(c6[2H])c6c([2H])c([2H])c([2H])c([2H])c6n7-c6c([2H])c([2H])c([2H])c([2H])c6[2H])cc5c34)n2)c([2H])c1[2H]. The molecule has 76 heavy (non-hydrogen) atoms. The van der Waals surface area contributed by atoms with Crippen LogP contribution in [0.5, 0.6) is 0 Å². The molecule has 0 aliphatic rings. The maximum Gasteiger partial charge on any atom is 0.164 e. The molecule has 354 valence electrons. The Bertz CT molecular complexity index is 6590. The van der Waals surface area contributed by atoms with Gasteiger partial charge in [0.2, 0.25) is 0 Å². The molecule has 0 saturated heterocycles. The van der Waals surface area contributed by atoms with Crippen molar-refractivity contribution in [2.45, 2.75) is 0 Å². The smallest absolute Gasteiger partial charge is 0.164 e. The fourth-order valence-corrected chi connectivity index (χ4v) is 10.1. The zero-order valence-electron chi connectivity index (χ0n) is 65.6. The average Bonchev–Trinajstić information content (AvgIpc) is 1.50. The van der Waals surface area contributed by atoms with Crippen molar-refractivity contribution in [1.82, 2.24) is 24.1 Å². The third kappa shape index (κ3) is 6.52. The summed E-state index contributed by atoms with van der Waals surface area (Å²) in [5.41, 5.74) is -0.423. The Morgan fingerprint density at radius 1 is 0.316 bits per heavy atom. The molecule has 5 aromatic heterocycles. The van der Waals surface area contributed by atoms with Gasteiger partial charge in [0.05, 0.1) is 59.1 Å². The van der Waals surface area contributed by atoms with Gasteiger partial charge in [0.15, 0.2) is 17.5 Å². The quantitative estimate of drug-likeness (QED) is 0.159. The predicted octanol–water partition coefficient (Wildman–Crippen LogP) is 18.2. The van der Waals surface area contributed by atoms with Crippen LogP contribution in [0.25, 0.3) is 155 Å². The van der Waals surface area contributed by atoms with Gasteiger partial charge in [-0.3, -0.25) is 0 Å².